The van der Waals surface area contributed by atoms with Gasteiger partial charge in [-0.1, -0.05) is 23.4 Å². The maximum absolute atomic E-state index is 11.7. The van der Waals surface area contributed by atoms with E-state index in [1.807, 2.05) is 0 Å². The van der Waals surface area contributed by atoms with Gasteiger partial charge in [-0.05, 0) is 29.7 Å². The summed E-state index contributed by atoms with van der Waals surface area (Å²) in [4.78, 5) is 15.6. The van der Waals surface area contributed by atoms with Crippen LogP contribution >= 0.6 is 34.9 Å². The highest BCUT2D eigenvalue weighted by molar-refractivity contribution is 8.01. The first-order valence-electron chi connectivity index (χ1n) is 4.89. The average molecular weight is 301 g/mol. The van der Waals surface area contributed by atoms with E-state index in [9.17, 15) is 4.79 Å². The van der Waals surface area contributed by atoms with Crippen LogP contribution < -0.4 is 11.1 Å². The van der Waals surface area contributed by atoms with E-state index in [4.69, 9.17) is 17.3 Å². The summed E-state index contributed by atoms with van der Waals surface area (Å²) >= 11 is 8.39. The zero-order valence-electron chi connectivity index (χ0n) is 9.09. The Morgan fingerprint density at radius 1 is 1.56 bits per heavy atom. The lowest BCUT2D eigenvalue weighted by Gasteiger charge is -2.05. The number of hydrogen-bond acceptors (Lipinski definition) is 6. The molecule has 2 aromatic rings. The molecule has 1 aromatic carbocycles. The minimum atomic E-state index is -0.128. The van der Waals surface area contributed by atoms with Crippen molar-refractivity contribution >= 4 is 52.2 Å². The fourth-order valence-electron chi connectivity index (χ4n) is 1.17. The summed E-state index contributed by atoms with van der Waals surface area (Å²) in [5, 5.41) is 3.20. The first-order valence-corrected chi connectivity index (χ1v) is 7.03. The molecule has 0 aliphatic heterocycles. The predicted molar refractivity (Wildman–Crippen MR) is 75.1 cm³/mol. The fourth-order valence-corrected chi connectivity index (χ4v) is 2.53. The molecule has 1 heterocycles. The second kappa shape index (κ2) is 6.03. The summed E-state index contributed by atoms with van der Waals surface area (Å²) in [7, 11) is 0. The summed E-state index contributed by atoms with van der Waals surface area (Å²) in [6.45, 7) is 0. The maximum Gasteiger partial charge on any atom is 0.234 e. The number of amides is 1. The maximum atomic E-state index is 11.7. The number of aromatic nitrogens is 2. The van der Waals surface area contributed by atoms with Crippen molar-refractivity contribution < 1.29 is 4.79 Å². The molecule has 0 fully saturated rings. The molecule has 5 nitrogen and oxygen atoms in total. The largest absolute Gasteiger partial charge is 0.397 e. The van der Waals surface area contributed by atoms with Gasteiger partial charge in [0.15, 0.2) is 4.34 Å². The summed E-state index contributed by atoms with van der Waals surface area (Å²) in [6, 6.07) is 4.96. The second-order valence-corrected chi connectivity index (χ2v) is 5.69. The molecule has 1 aromatic heterocycles. The third-order valence-corrected chi connectivity index (χ3v) is 4.09. The predicted octanol–water partition coefficient (Wildman–Crippen LogP) is 2.50. The Labute approximate surface area is 117 Å². The molecular weight excluding hydrogens is 292 g/mol. The van der Waals surface area contributed by atoms with Gasteiger partial charge >= 0.3 is 0 Å². The topological polar surface area (TPSA) is 80.9 Å². The Balaban J connectivity index is 1.88. The molecule has 0 atom stereocenters. The lowest BCUT2D eigenvalue weighted by atomic mass is 10.3. The van der Waals surface area contributed by atoms with Crippen molar-refractivity contribution in [2.45, 2.75) is 4.34 Å². The van der Waals surface area contributed by atoms with Gasteiger partial charge in [0, 0.05) is 5.69 Å². The standard InChI is InChI=1S/C10H9ClN4OS2/c11-7-2-1-6(3-8(7)12)15-9(16)4-17-10-13-5-14-18-10/h1-3,5H,4,12H2,(H,15,16). The van der Waals surface area contributed by atoms with Crippen LogP contribution in [0.2, 0.25) is 5.02 Å². The van der Waals surface area contributed by atoms with Gasteiger partial charge in [-0.2, -0.15) is 4.37 Å². The number of nitrogens with one attached hydrogen (secondary N) is 1. The molecule has 2 rings (SSSR count). The van der Waals surface area contributed by atoms with Crippen LogP contribution in [-0.2, 0) is 4.79 Å². The van der Waals surface area contributed by atoms with E-state index in [0.717, 1.165) is 4.34 Å². The first kappa shape index (κ1) is 13.1. The number of rotatable bonds is 4. The van der Waals surface area contributed by atoms with E-state index in [-0.39, 0.29) is 11.7 Å². The summed E-state index contributed by atoms with van der Waals surface area (Å²) < 4.78 is 4.62. The second-order valence-electron chi connectivity index (χ2n) is 3.28. The van der Waals surface area contributed by atoms with Gasteiger partial charge in [0.05, 0.1) is 16.5 Å². The number of nitrogen functional groups attached to an aromatic ring is 1. The van der Waals surface area contributed by atoms with Gasteiger partial charge in [0.2, 0.25) is 5.91 Å². The van der Waals surface area contributed by atoms with E-state index < -0.39 is 0 Å². The van der Waals surface area contributed by atoms with Crippen LogP contribution in [0.5, 0.6) is 0 Å². The van der Waals surface area contributed by atoms with Crippen molar-refractivity contribution in [2.24, 2.45) is 0 Å². The Kier molecular flexibility index (Phi) is 4.40. The van der Waals surface area contributed by atoms with Crippen molar-refractivity contribution in [3.8, 4) is 0 Å². The number of nitrogens with zero attached hydrogens (tertiary/aromatic N) is 2. The van der Waals surface area contributed by atoms with Crippen LogP contribution in [0, 0.1) is 0 Å². The number of thioether (sulfide) groups is 1. The van der Waals surface area contributed by atoms with Crippen LogP contribution in [0.3, 0.4) is 0 Å². The van der Waals surface area contributed by atoms with Crippen molar-refractivity contribution in [3.63, 3.8) is 0 Å². The molecule has 0 spiro atoms. The quantitative estimate of drug-likeness (QED) is 0.670. The van der Waals surface area contributed by atoms with Crippen LogP contribution in [0.15, 0.2) is 28.9 Å². The Morgan fingerprint density at radius 2 is 2.39 bits per heavy atom. The van der Waals surface area contributed by atoms with Crippen LogP contribution in [0.1, 0.15) is 0 Å². The third kappa shape index (κ3) is 3.59. The highest BCUT2D eigenvalue weighted by Gasteiger charge is 2.06. The number of carbonyl (C=O) groups is 1. The van der Waals surface area contributed by atoms with Crippen molar-refractivity contribution in [1.29, 1.82) is 0 Å². The zero-order valence-corrected chi connectivity index (χ0v) is 11.5. The average Bonchev–Trinajstić information content (AvgIpc) is 2.84. The van der Waals surface area contributed by atoms with Gasteiger partial charge in [0.25, 0.3) is 0 Å². The van der Waals surface area contributed by atoms with Crippen molar-refractivity contribution in [1.82, 2.24) is 9.36 Å². The number of nitrogens with two attached hydrogens (primary N) is 1. The number of hydrogen-bond donors (Lipinski definition) is 2. The molecule has 0 unspecified atom stereocenters. The lowest BCUT2D eigenvalue weighted by Crippen LogP contribution is -2.14. The van der Waals surface area contributed by atoms with E-state index in [1.54, 1.807) is 18.2 Å². The highest BCUT2D eigenvalue weighted by atomic mass is 35.5. The van der Waals surface area contributed by atoms with Crippen molar-refractivity contribution in [3.05, 3.63) is 29.5 Å². The molecule has 8 heteroatoms. The highest BCUT2D eigenvalue weighted by Crippen LogP contribution is 2.23. The SMILES string of the molecule is Nc1cc(NC(=O)CSc2ncns2)ccc1Cl. The van der Waals surface area contributed by atoms with Crippen LogP contribution in [-0.4, -0.2) is 21.0 Å². The molecule has 0 aliphatic carbocycles. The number of halogens is 1. The minimum Gasteiger partial charge on any atom is -0.397 e. The van der Waals surface area contributed by atoms with Gasteiger partial charge < -0.3 is 11.1 Å². The Hall–Kier alpha value is -1.31. The number of anilines is 2. The Bertz CT molecular complexity index is 547. The van der Waals surface area contributed by atoms with E-state index >= 15 is 0 Å². The Morgan fingerprint density at radius 3 is 3.06 bits per heavy atom. The molecule has 0 saturated heterocycles. The zero-order chi connectivity index (χ0) is 13.0. The van der Waals surface area contributed by atoms with Gasteiger partial charge in [0.1, 0.15) is 6.33 Å². The van der Waals surface area contributed by atoms with E-state index in [2.05, 4.69) is 14.7 Å². The molecule has 18 heavy (non-hydrogen) atoms. The minimum absolute atomic E-state index is 0.128. The van der Waals surface area contributed by atoms with Crippen LogP contribution in [0.25, 0.3) is 0 Å². The third-order valence-electron chi connectivity index (χ3n) is 1.95. The van der Waals surface area contributed by atoms with Crippen LogP contribution in [0.4, 0.5) is 11.4 Å². The molecule has 0 bridgehead atoms. The molecule has 94 valence electrons. The molecule has 0 radical (unpaired) electrons. The molecule has 1 amide bonds. The first-order chi connectivity index (χ1) is 8.65. The van der Waals surface area contributed by atoms with Crippen molar-refractivity contribution in [2.75, 3.05) is 16.8 Å². The molecule has 0 aliphatic rings. The monoisotopic (exact) mass is 300 g/mol. The fraction of sp³-hybridized carbons (Fsp3) is 0.100. The summed E-state index contributed by atoms with van der Waals surface area (Å²) in [5.74, 6) is 0.148. The van der Waals surface area contributed by atoms with E-state index in [0.29, 0.717) is 16.4 Å². The van der Waals surface area contributed by atoms with Gasteiger partial charge in [-0.25, -0.2) is 4.98 Å². The smallest absolute Gasteiger partial charge is 0.234 e. The lowest BCUT2D eigenvalue weighted by molar-refractivity contribution is -0.113. The molecule has 3 N–H and O–H groups in total. The van der Waals surface area contributed by atoms with E-state index in [1.165, 1.54) is 29.6 Å². The number of carbonyl (C=O) groups excluding carboxylic acids is 1. The molecular formula is C10H9ClN4OS2. The normalized spacial score (nSPS) is 10.3. The number of benzene rings is 1. The van der Waals surface area contributed by atoms with Gasteiger partial charge in [-0.15, -0.1) is 0 Å². The molecule has 0 saturated carbocycles. The summed E-state index contributed by atoms with van der Waals surface area (Å²) in [6.07, 6.45) is 1.46. The van der Waals surface area contributed by atoms with Gasteiger partial charge in [-0.3, -0.25) is 4.79 Å². The summed E-state index contributed by atoms with van der Waals surface area (Å²) in [5.41, 5.74) is 6.70.